The van der Waals surface area contributed by atoms with E-state index < -0.39 is 0 Å². The Bertz CT molecular complexity index is 986. The summed E-state index contributed by atoms with van der Waals surface area (Å²) < 4.78 is 10.3. The Balaban J connectivity index is 1.89. The van der Waals surface area contributed by atoms with E-state index in [9.17, 15) is 5.26 Å². The number of ether oxygens (including phenoxy) is 2. The number of hydrogen-bond acceptors (Lipinski definition) is 6. The third-order valence-corrected chi connectivity index (χ3v) is 3.97. The van der Waals surface area contributed by atoms with Crippen LogP contribution in [0, 0.1) is 11.3 Å². The first-order valence-corrected chi connectivity index (χ1v) is 8.04. The average molecular weight is 367 g/mol. The van der Waals surface area contributed by atoms with Gasteiger partial charge in [0.1, 0.15) is 17.6 Å². The van der Waals surface area contributed by atoms with Crippen molar-refractivity contribution in [2.24, 2.45) is 0 Å². The highest BCUT2D eigenvalue weighted by Crippen LogP contribution is 2.29. The molecule has 1 N–H and O–H groups in total. The van der Waals surface area contributed by atoms with E-state index in [0.29, 0.717) is 33.7 Å². The third-order valence-electron chi connectivity index (χ3n) is 3.68. The van der Waals surface area contributed by atoms with Gasteiger partial charge in [0.05, 0.1) is 30.5 Å². The summed E-state index contributed by atoms with van der Waals surface area (Å²) in [7, 11) is 3.09. The number of rotatable bonds is 5. The van der Waals surface area contributed by atoms with Crippen LogP contribution in [0.3, 0.4) is 0 Å². The molecule has 0 unspecified atom stereocenters. The van der Waals surface area contributed by atoms with E-state index >= 15 is 0 Å². The molecule has 2 aromatic carbocycles. The topological polar surface area (TPSA) is 80.1 Å². The fraction of sp³-hybridized carbons (Fsp3) is 0.105. The van der Waals surface area contributed by atoms with Crippen molar-refractivity contribution >= 4 is 23.2 Å². The van der Waals surface area contributed by atoms with Crippen LogP contribution >= 0.6 is 11.6 Å². The van der Waals surface area contributed by atoms with Gasteiger partial charge in [0.15, 0.2) is 0 Å². The molecule has 130 valence electrons. The molecule has 0 aliphatic heterocycles. The Kier molecular flexibility index (Phi) is 5.20. The maximum absolute atomic E-state index is 9.24. The molecule has 0 aliphatic carbocycles. The minimum Gasteiger partial charge on any atom is -0.495 e. The third kappa shape index (κ3) is 3.68. The molecule has 3 rings (SSSR count). The van der Waals surface area contributed by atoms with Crippen LogP contribution in [0.4, 0.5) is 11.6 Å². The lowest BCUT2D eigenvalue weighted by molar-refractivity contribution is 0.413. The zero-order valence-electron chi connectivity index (χ0n) is 14.2. The maximum atomic E-state index is 9.24. The van der Waals surface area contributed by atoms with Crippen molar-refractivity contribution in [3.05, 3.63) is 59.2 Å². The first-order chi connectivity index (χ1) is 12.6. The molecular formula is C19H15ClN4O2. The van der Waals surface area contributed by atoms with Crippen LogP contribution in [0.5, 0.6) is 11.5 Å². The lowest BCUT2D eigenvalue weighted by Crippen LogP contribution is -1.98. The fourth-order valence-corrected chi connectivity index (χ4v) is 2.67. The summed E-state index contributed by atoms with van der Waals surface area (Å²) in [5.74, 6) is 1.53. The molecule has 0 saturated heterocycles. The van der Waals surface area contributed by atoms with Gasteiger partial charge in [0.2, 0.25) is 5.95 Å². The molecule has 0 aliphatic rings. The van der Waals surface area contributed by atoms with Gasteiger partial charge < -0.3 is 14.8 Å². The van der Waals surface area contributed by atoms with Crippen molar-refractivity contribution in [1.29, 1.82) is 5.26 Å². The summed E-state index contributed by atoms with van der Waals surface area (Å²) in [4.78, 5) is 8.72. The molecule has 0 bridgehead atoms. The molecule has 0 fully saturated rings. The van der Waals surface area contributed by atoms with Crippen molar-refractivity contribution in [2.75, 3.05) is 19.5 Å². The Labute approximate surface area is 156 Å². The van der Waals surface area contributed by atoms with Crippen LogP contribution in [0.1, 0.15) is 5.56 Å². The lowest BCUT2D eigenvalue weighted by Gasteiger charge is -2.09. The molecule has 0 saturated carbocycles. The zero-order valence-corrected chi connectivity index (χ0v) is 14.9. The number of hydrogen-bond donors (Lipinski definition) is 1. The fourth-order valence-electron chi connectivity index (χ4n) is 2.41. The van der Waals surface area contributed by atoms with Gasteiger partial charge in [-0.15, -0.1) is 0 Å². The second kappa shape index (κ2) is 7.72. The minimum atomic E-state index is 0.415. The van der Waals surface area contributed by atoms with Crippen LogP contribution < -0.4 is 14.8 Å². The number of anilines is 2. The first kappa shape index (κ1) is 17.5. The summed E-state index contributed by atoms with van der Waals surface area (Å²) in [5.41, 5.74) is 2.65. The Hall–Kier alpha value is -3.30. The van der Waals surface area contributed by atoms with Crippen molar-refractivity contribution in [1.82, 2.24) is 9.97 Å². The maximum Gasteiger partial charge on any atom is 0.227 e. The van der Waals surface area contributed by atoms with Crippen molar-refractivity contribution < 1.29 is 9.47 Å². The standard InChI is InChI=1S/C19H15ClN4O2/c1-25-17-5-3-12(9-13(17)11-21)16-7-8-22-19(24-16)23-14-4-6-18(26-2)15(20)10-14/h3-10H,1-2H3,(H,22,23,24). The number of nitrogens with zero attached hydrogens (tertiary/aromatic N) is 3. The van der Waals surface area contributed by atoms with Crippen molar-refractivity contribution in [3.8, 4) is 28.8 Å². The van der Waals surface area contributed by atoms with E-state index in [1.54, 1.807) is 43.6 Å². The number of methoxy groups -OCH3 is 2. The minimum absolute atomic E-state index is 0.415. The van der Waals surface area contributed by atoms with Crippen LogP contribution in [0.15, 0.2) is 48.7 Å². The summed E-state index contributed by atoms with van der Waals surface area (Å²) >= 11 is 6.14. The summed E-state index contributed by atoms with van der Waals surface area (Å²) in [6, 6.07) is 14.5. The lowest BCUT2D eigenvalue weighted by atomic mass is 10.1. The molecule has 0 atom stereocenters. The molecule has 3 aromatic rings. The van der Waals surface area contributed by atoms with Gasteiger partial charge >= 0.3 is 0 Å². The number of aromatic nitrogens is 2. The van der Waals surface area contributed by atoms with Crippen LogP contribution in [0.25, 0.3) is 11.3 Å². The van der Waals surface area contributed by atoms with Crippen molar-refractivity contribution in [2.45, 2.75) is 0 Å². The van der Waals surface area contributed by atoms with Crippen molar-refractivity contribution in [3.63, 3.8) is 0 Å². The first-order valence-electron chi connectivity index (χ1n) is 7.66. The highest BCUT2D eigenvalue weighted by molar-refractivity contribution is 6.32. The summed E-state index contributed by atoms with van der Waals surface area (Å²) in [5, 5.41) is 12.8. The van der Waals surface area contributed by atoms with Crippen LogP contribution in [0.2, 0.25) is 5.02 Å². The van der Waals surface area contributed by atoms with E-state index in [1.165, 1.54) is 7.11 Å². The molecule has 1 aromatic heterocycles. The number of nitriles is 1. The van der Waals surface area contributed by atoms with Gasteiger partial charge in [0, 0.05) is 17.4 Å². The smallest absolute Gasteiger partial charge is 0.227 e. The highest BCUT2D eigenvalue weighted by Gasteiger charge is 2.08. The van der Waals surface area contributed by atoms with Gasteiger partial charge in [-0.05, 0) is 42.5 Å². The summed E-state index contributed by atoms with van der Waals surface area (Å²) in [6.07, 6.45) is 1.64. The SMILES string of the molecule is COc1ccc(Nc2nccc(-c3ccc(OC)c(C#N)c3)n2)cc1Cl. The van der Waals surface area contributed by atoms with Gasteiger partial charge in [0.25, 0.3) is 0 Å². The van der Waals surface area contributed by atoms with Gasteiger partial charge in [-0.25, -0.2) is 9.97 Å². The Morgan fingerprint density at radius 1 is 1.04 bits per heavy atom. The average Bonchev–Trinajstić information content (AvgIpc) is 2.68. The molecule has 6 nitrogen and oxygen atoms in total. The number of halogens is 1. The zero-order chi connectivity index (χ0) is 18.5. The normalized spacial score (nSPS) is 10.1. The van der Waals surface area contributed by atoms with Gasteiger partial charge in [-0.3, -0.25) is 0 Å². The van der Waals surface area contributed by atoms with E-state index in [2.05, 4.69) is 21.4 Å². The number of nitrogens with one attached hydrogen (secondary N) is 1. The van der Waals surface area contributed by atoms with Crippen LogP contribution in [-0.2, 0) is 0 Å². The molecule has 1 heterocycles. The summed E-state index contributed by atoms with van der Waals surface area (Å²) in [6.45, 7) is 0. The predicted molar refractivity (Wildman–Crippen MR) is 100 cm³/mol. The van der Waals surface area contributed by atoms with Gasteiger partial charge in [-0.2, -0.15) is 5.26 Å². The quantitative estimate of drug-likeness (QED) is 0.719. The molecule has 0 spiro atoms. The Morgan fingerprint density at radius 2 is 1.81 bits per heavy atom. The predicted octanol–water partition coefficient (Wildman–Crippen LogP) is 4.43. The van der Waals surface area contributed by atoms with E-state index in [-0.39, 0.29) is 0 Å². The largest absolute Gasteiger partial charge is 0.495 e. The van der Waals surface area contributed by atoms with E-state index in [0.717, 1.165) is 11.3 Å². The van der Waals surface area contributed by atoms with Gasteiger partial charge in [-0.1, -0.05) is 11.6 Å². The number of benzene rings is 2. The Morgan fingerprint density at radius 3 is 2.50 bits per heavy atom. The highest BCUT2D eigenvalue weighted by atomic mass is 35.5. The van der Waals surface area contributed by atoms with E-state index in [4.69, 9.17) is 21.1 Å². The second-order valence-electron chi connectivity index (χ2n) is 5.27. The molecule has 0 amide bonds. The monoisotopic (exact) mass is 366 g/mol. The van der Waals surface area contributed by atoms with Crippen LogP contribution in [-0.4, -0.2) is 24.2 Å². The molecular weight excluding hydrogens is 352 g/mol. The van der Waals surface area contributed by atoms with E-state index in [1.807, 2.05) is 12.1 Å². The molecule has 7 heteroatoms. The molecule has 0 radical (unpaired) electrons. The second-order valence-corrected chi connectivity index (χ2v) is 5.67. The molecule has 26 heavy (non-hydrogen) atoms.